The van der Waals surface area contributed by atoms with E-state index in [9.17, 15) is 14.7 Å². The van der Waals surface area contributed by atoms with Crippen LogP contribution in [0.1, 0.15) is 25.7 Å². The number of amides is 2. The number of carbonyl (C=O) groups is 2. The molecule has 0 radical (unpaired) electrons. The molecule has 6 nitrogen and oxygen atoms in total. The predicted octanol–water partition coefficient (Wildman–Crippen LogP) is 2.00. The molecule has 1 aromatic rings. The SMILES string of the molecule is O=C(O)C1CCCCCN1C(=O)Nc1nccs1. The number of thiazole rings is 1. The van der Waals surface area contributed by atoms with Crippen LogP contribution in [0.4, 0.5) is 9.93 Å². The summed E-state index contributed by atoms with van der Waals surface area (Å²) in [6.45, 7) is 0.480. The van der Waals surface area contributed by atoms with Crippen LogP contribution in [-0.2, 0) is 4.79 Å². The molecule has 0 saturated carbocycles. The third kappa shape index (κ3) is 2.98. The first-order chi connectivity index (χ1) is 8.68. The van der Waals surface area contributed by atoms with Crippen LogP contribution < -0.4 is 5.32 Å². The molecule has 98 valence electrons. The van der Waals surface area contributed by atoms with Crippen LogP contribution in [0.15, 0.2) is 11.6 Å². The van der Waals surface area contributed by atoms with E-state index in [2.05, 4.69) is 10.3 Å². The van der Waals surface area contributed by atoms with Crippen molar-refractivity contribution in [3.63, 3.8) is 0 Å². The molecule has 0 aliphatic carbocycles. The Balaban J connectivity index is 2.07. The van der Waals surface area contributed by atoms with Crippen LogP contribution in [0.5, 0.6) is 0 Å². The molecule has 0 aromatic carbocycles. The van der Waals surface area contributed by atoms with E-state index in [0.717, 1.165) is 19.3 Å². The fourth-order valence-electron chi connectivity index (χ4n) is 2.06. The van der Waals surface area contributed by atoms with E-state index in [0.29, 0.717) is 18.1 Å². The molecule has 2 rings (SSSR count). The summed E-state index contributed by atoms with van der Waals surface area (Å²) in [4.78, 5) is 28.6. The Hall–Kier alpha value is -1.63. The number of likely N-dealkylation sites (tertiary alicyclic amines) is 1. The summed E-state index contributed by atoms with van der Waals surface area (Å²) in [5.74, 6) is -0.939. The third-order valence-electron chi connectivity index (χ3n) is 2.94. The molecule has 0 bridgehead atoms. The quantitative estimate of drug-likeness (QED) is 0.860. The van der Waals surface area contributed by atoms with Gasteiger partial charge in [-0.1, -0.05) is 12.8 Å². The summed E-state index contributed by atoms with van der Waals surface area (Å²) in [7, 11) is 0. The highest BCUT2D eigenvalue weighted by molar-refractivity contribution is 7.13. The number of nitrogens with one attached hydrogen (secondary N) is 1. The van der Waals surface area contributed by atoms with Crippen LogP contribution in [0.3, 0.4) is 0 Å². The lowest BCUT2D eigenvalue weighted by atomic mass is 10.1. The number of aromatic nitrogens is 1. The van der Waals surface area contributed by atoms with Gasteiger partial charge in [0.15, 0.2) is 5.13 Å². The van der Waals surface area contributed by atoms with Gasteiger partial charge in [0.25, 0.3) is 0 Å². The normalized spacial score (nSPS) is 20.2. The standard InChI is InChI=1S/C11H15N3O3S/c15-9(16)8-4-2-1-3-6-14(8)11(17)13-10-12-5-7-18-10/h5,7-8H,1-4,6H2,(H,15,16)(H,12,13,17). The fraction of sp³-hybridized carbons (Fsp3) is 0.545. The van der Waals surface area contributed by atoms with Crippen molar-refractivity contribution >= 4 is 28.5 Å². The Labute approximate surface area is 109 Å². The van der Waals surface area contributed by atoms with Crippen LogP contribution in [-0.4, -0.2) is 39.6 Å². The average molecular weight is 269 g/mol. The second-order valence-electron chi connectivity index (χ2n) is 4.16. The number of carboxylic acids is 1. The van der Waals surface area contributed by atoms with Gasteiger partial charge in [0.2, 0.25) is 0 Å². The molecule has 2 heterocycles. The van der Waals surface area contributed by atoms with Gasteiger partial charge in [0.05, 0.1) is 0 Å². The number of carboxylic acid groups (broad SMARTS) is 1. The minimum absolute atomic E-state index is 0.376. The van der Waals surface area contributed by atoms with E-state index >= 15 is 0 Å². The topological polar surface area (TPSA) is 82.5 Å². The number of anilines is 1. The van der Waals surface area contributed by atoms with E-state index in [4.69, 9.17) is 0 Å². The number of nitrogens with zero attached hydrogens (tertiary/aromatic N) is 2. The summed E-state index contributed by atoms with van der Waals surface area (Å²) in [5.41, 5.74) is 0. The maximum absolute atomic E-state index is 12.1. The van der Waals surface area contributed by atoms with E-state index < -0.39 is 12.0 Å². The molecule has 1 atom stereocenters. The fourth-order valence-corrected chi connectivity index (χ4v) is 2.58. The van der Waals surface area contributed by atoms with Gasteiger partial charge >= 0.3 is 12.0 Å². The van der Waals surface area contributed by atoms with Crippen molar-refractivity contribution in [1.82, 2.24) is 9.88 Å². The average Bonchev–Trinajstić information content (AvgIpc) is 2.70. The van der Waals surface area contributed by atoms with Gasteiger partial charge in [0.1, 0.15) is 6.04 Å². The van der Waals surface area contributed by atoms with Crippen molar-refractivity contribution in [1.29, 1.82) is 0 Å². The molecular weight excluding hydrogens is 254 g/mol. The van der Waals surface area contributed by atoms with Crippen LogP contribution in [0.25, 0.3) is 0 Å². The van der Waals surface area contributed by atoms with Crippen LogP contribution in [0.2, 0.25) is 0 Å². The summed E-state index contributed by atoms with van der Waals surface area (Å²) in [6.07, 6.45) is 4.76. The number of aliphatic carboxylic acids is 1. The molecule has 7 heteroatoms. The minimum atomic E-state index is -0.939. The monoisotopic (exact) mass is 269 g/mol. The molecule has 2 N–H and O–H groups in total. The van der Waals surface area contributed by atoms with Gasteiger partial charge in [-0.15, -0.1) is 11.3 Å². The maximum atomic E-state index is 12.1. The first-order valence-electron chi connectivity index (χ1n) is 5.88. The Morgan fingerprint density at radius 2 is 2.28 bits per heavy atom. The predicted molar refractivity (Wildman–Crippen MR) is 67.7 cm³/mol. The highest BCUT2D eigenvalue weighted by Crippen LogP contribution is 2.19. The zero-order valence-corrected chi connectivity index (χ0v) is 10.7. The molecule has 1 aromatic heterocycles. The first-order valence-corrected chi connectivity index (χ1v) is 6.76. The van der Waals surface area contributed by atoms with Gasteiger partial charge in [-0.25, -0.2) is 14.6 Å². The van der Waals surface area contributed by atoms with Crippen LogP contribution >= 0.6 is 11.3 Å². The molecule has 1 unspecified atom stereocenters. The Morgan fingerprint density at radius 3 is 2.94 bits per heavy atom. The number of urea groups is 1. The maximum Gasteiger partial charge on any atom is 0.326 e. The lowest BCUT2D eigenvalue weighted by molar-refractivity contribution is -0.142. The summed E-state index contributed by atoms with van der Waals surface area (Å²) in [6, 6.07) is -1.10. The molecule has 1 saturated heterocycles. The van der Waals surface area contributed by atoms with Crippen molar-refractivity contribution in [2.75, 3.05) is 11.9 Å². The molecule has 0 spiro atoms. The summed E-state index contributed by atoms with van der Waals surface area (Å²) >= 11 is 1.31. The zero-order chi connectivity index (χ0) is 13.0. The van der Waals surface area contributed by atoms with E-state index in [-0.39, 0.29) is 6.03 Å². The van der Waals surface area contributed by atoms with E-state index in [1.807, 2.05) is 0 Å². The zero-order valence-electron chi connectivity index (χ0n) is 9.83. The Morgan fingerprint density at radius 1 is 1.44 bits per heavy atom. The highest BCUT2D eigenvalue weighted by Gasteiger charge is 2.30. The smallest absolute Gasteiger partial charge is 0.326 e. The van der Waals surface area contributed by atoms with Gasteiger partial charge < -0.3 is 10.0 Å². The van der Waals surface area contributed by atoms with Gasteiger partial charge in [0, 0.05) is 18.1 Å². The van der Waals surface area contributed by atoms with Crippen LogP contribution in [0, 0.1) is 0 Å². The number of hydrogen-bond acceptors (Lipinski definition) is 4. The molecule has 2 amide bonds. The van der Waals surface area contributed by atoms with E-state index in [1.165, 1.54) is 16.2 Å². The number of hydrogen-bond donors (Lipinski definition) is 2. The third-order valence-corrected chi connectivity index (χ3v) is 3.63. The second-order valence-corrected chi connectivity index (χ2v) is 5.06. The lowest BCUT2D eigenvalue weighted by Crippen LogP contribution is -2.46. The first kappa shape index (κ1) is 12.8. The second kappa shape index (κ2) is 5.81. The van der Waals surface area contributed by atoms with Gasteiger partial charge in [-0.2, -0.15) is 0 Å². The Bertz CT molecular complexity index is 421. The molecular formula is C11H15N3O3S. The van der Waals surface area contributed by atoms with Crippen molar-refractivity contribution < 1.29 is 14.7 Å². The lowest BCUT2D eigenvalue weighted by Gasteiger charge is -2.26. The molecule has 1 aliphatic rings. The molecule has 1 aliphatic heterocycles. The Kier molecular flexibility index (Phi) is 4.14. The van der Waals surface area contributed by atoms with Crippen molar-refractivity contribution in [3.8, 4) is 0 Å². The summed E-state index contributed by atoms with van der Waals surface area (Å²) < 4.78 is 0. The van der Waals surface area contributed by atoms with Crippen molar-refractivity contribution in [2.24, 2.45) is 0 Å². The van der Waals surface area contributed by atoms with Crippen molar-refractivity contribution in [3.05, 3.63) is 11.6 Å². The molecule has 1 fully saturated rings. The van der Waals surface area contributed by atoms with Crippen molar-refractivity contribution in [2.45, 2.75) is 31.7 Å². The minimum Gasteiger partial charge on any atom is -0.480 e. The highest BCUT2D eigenvalue weighted by atomic mass is 32.1. The number of rotatable bonds is 2. The van der Waals surface area contributed by atoms with Gasteiger partial charge in [-0.05, 0) is 12.8 Å². The van der Waals surface area contributed by atoms with Gasteiger partial charge in [-0.3, -0.25) is 5.32 Å². The largest absolute Gasteiger partial charge is 0.480 e. The molecule has 18 heavy (non-hydrogen) atoms. The number of carbonyl (C=O) groups excluding carboxylic acids is 1. The van der Waals surface area contributed by atoms with E-state index in [1.54, 1.807) is 11.6 Å². The summed E-state index contributed by atoms with van der Waals surface area (Å²) in [5, 5.41) is 14.1.